The van der Waals surface area contributed by atoms with Gasteiger partial charge >= 0.3 is 0 Å². The number of rotatable bonds is 8. The van der Waals surface area contributed by atoms with Crippen LogP contribution in [0.15, 0.2) is 30.0 Å². The van der Waals surface area contributed by atoms with Crippen LogP contribution in [0.4, 0.5) is 14.7 Å². The van der Waals surface area contributed by atoms with Crippen molar-refractivity contribution in [2.45, 2.75) is 65.0 Å². The first-order chi connectivity index (χ1) is 14.2. The van der Waals surface area contributed by atoms with Gasteiger partial charge in [0.25, 0.3) is 0 Å². The van der Waals surface area contributed by atoms with Crippen LogP contribution in [-0.4, -0.2) is 37.1 Å². The fraction of sp³-hybridized carbons (Fsp3) is 0.524. The monoisotopic (exact) mass is 417 g/mol. The van der Waals surface area contributed by atoms with E-state index in [9.17, 15) is 8.78 Å². The predicted molar refractivity (Wildman–Crippen MR) is 114 cm³/mol. The topological polar surface area (TPSA) is 94.7 Å². The number of hydrogen-bond donors (Lipinski definition) is 3. The van der Waals surface area contributed by atoms with Gasteiger partial charge in [-0.2, -0.15) is 5.10 Å². The molecule has 9 heteroatoms. The molecule has 2 aromatic rings. The Kier molecular flexibility index (Phi) is 6.48. The lowest BCUT2D eigenvalue weighted by molar-refractivity contribution is -0.0493. The molecule has 0 aromatic carbocycles. The van der Waals surface area contributed by atoms with Crippen molar-refractivity contribution in [1.82, 2.24) is 25.1 Å². The van der Waals surface area contributed by atoms with Gasteiger partial charge in [-0.1, -0.05) is 6.58 Å². The van der Waals surface area contributed by atoms with Gasteiger partial charge in [-0.05, 0) is 45.6 Å². The van der Waals surface area contributed by atoms with Crippen molar-refractivity contribution in [2.24, 2.45) is 10.9 Å². The molecule has 0 radical (unpaired) electrons. The number of H-pyrrole nitrogens is 1. The minimum atomic E-state index is -2.60. The van der Waals surface area contributed by atoms with E-state index >= 15 is 0 Å². The van der Waals surface area contributed by atoms with Crippen LogP contribution in [0.25, 0.3) is 5.70 Å². The second-order valence-electron chi connectivity index (χ2n) is 7.81. The molecule has 1 fully saturated rings. The van der Waals surface area contributed by atoms with Crippen LogP contribution in [0.5, 0.6) is 0 Å². The maximum Gasteiger partial charge on any atom is 0.248 e. The number of imidazole rings is 1. The molecule has 3 rings (SSSR count). The molecule has 1 saturated carbocycles. The van der Waals surface area contributed by atoms with Gasteiger partial charge in [-0.25, -0.2) is 18.8 Å². The van der Waals surface area contributed by atoms with E-state index < -0.39 is 5.92 Å². The highest BCUT2D eigenvalue weighted by molar-refractivity contribution is 6.39. The van der Waals surface area contributed by atoms with Crippen LogP contribution < -0.4 is 5.32 Å². The Hall–Kier alpha value is -2.84. The van der Waals surface area contributed by atoms with Gasteiger partial charge in [0.2, 0.25) is 11.9 Å². The number of halogens is 2. The van der Waals surface area contributed by atoms with Gasteiger partial charge in [-0.3, -0.25) is 4.68 Å². The predicted octanol–water partition coefficient (Wildman–Crippen LogP) is 4.89. The maximum absolute atomic E-state index is 13.7. The molecule has 30 heavy (non-hydrogen) atoms. The Morgan fingerprint density at radius 1 is 1.43 bits per heavy atom. The zero-order valence-electron chi connectivity index (χ0n) is 17.7. The quantitative estimate of drug-likeness (QED) is 0.534. The second-order valence-corrected chi connectivity index (χ2v) is 7.81. The lowest BCUT2D eigenvalue weighted by atomic mass is 9.81. The van der Waals surface area contributed by atoms with E-state index in [0.717, 1.165) is 11.4 Å². The maximum atomic E-state index is 13.7. The molecule has 0 amide bonds. The number of nitrogens with zero attached hydrogens (tertiary/aromatic N) is 4. The highest BCUT2D eigenvalue weighted by Crippen LogP contribution is 2.41. The summed E-state index contributed by atoms with van der Waals surface area (Å²) in [5.74, 6) is -2.20. The molecule has 0 spiro atoms. The third-order valence-electron chi connectivity index (χ3n) is 5.62. The van der Waals surface area contributed by atoms with Crippen LogP contribution >= 0.6 is 0 Å². The number of nitrogens with one attached hydrogen (secondary N) is 3. The zero-order chi connectivity index (χ0) is 21.9. The zero-order valence-corrected chi connectivity index (χ0v) is 17.7. The molecule has 0 saturated heterocycles. The van der Waals surface area contributed by atoms with E-state index in [2.05, 4.69) is 32.0 Å². The van der Waals surface area contributed by atoms with E-state index in [1.54, 1.807) is 26.2 Å². The molecule has 0 bridgehead atoms. The van der Waals surface area contributed by atoms with E-state index in [-0.39, 0.29) is 24.8 Å². The molecule has 7 nitrogen and oxygen atoms in total. The summed E-state index contributed by atoms with van der Waals surface area (Å²) in [5, 5.41) is 15.4. The average molecular weight is 418 g/mol. The second kappa shape index (κ2) is 8.89. The number of alkyl halides is 2. The summed E-state index contributed by atoms with van der Waals surface area (Å²) in [7, 11) is 0. The molecule has 3 N–H and O–H groups in total. The van der Waals surface area contributed by atoms with Crippen LogP contribution in [0, 0.1) is 11.3 Å². The summed E-state index contributed by atoms with van der Waals surface area (Å²) in [6, 6.07) is 1.62. The normalized spacial score (nSPS) is 18.2. The SMILES string of the molecule is C=C(NC(c1cnc(/N=C(/C)C(C)=N)[nH]1)C1CCC(F)(F)CC1)c1ccnn1CC. The highest BCUT2D eigenvalue weighted by Gasteiger charge is 2.38. The first kappa shape index (κ1) is 21.9. The summed E-state index contributed by atoms with van der Waals surface area (Å²) in [6.45, 7) is 10.3. The van der Waals surface area contributed by atoms with E-state index in [1.165, 1.54) is 0 Å². The summed E-state index contributed by atoms with van der Waals surface area (Å²) in [5.41, 5.74) is 3.23. The lowest BCUT2D eigenvalue weighted by Crippen LogP contribution is -2.34. The standard InChI is InChI=1S/C21H29F2N7/c1-5-30-18(8-11-26-30)15(4)27-19(16-6-9-21(22,23)10-7-16)17-12-25-20(29-17)28-14(3)13(2)24/h8,11-12,16,19,24,27H,4-7,9-10H2,1-3H3,(H,25,29)/b24-13?,28-14-. The molecular formula is C21H29F2N7. The first-order valence-corrected chi connectivity index (χ1v) is 10.2. The summed E-state index contributed by atoms with van der Waals surface area (Å²) < 4.78 is 29.3. The van der Waals surface area contributed by atoms with Crippen molar-refractivity contribution in [2.75, 3.05) is 0 Å². The van der Waals surface area contributed by atoms with Crippen molar-refractivity contribution < 1.29 is 8.78 Å². The summed E-state index contributed by atoms with van der Waals surface area (Å²) >= 11 is 0. The third-order valence-corrected chi connectivity index (χ3v) is 5.62. The Bertz CT molecular complexity index is 931. The molecule has 2 heterocycles. The van der Waals surface area contributed by atoms with Gasteiger partial charge in [0.15, 0.2) is 0 Å². The molecule has 0 aliphatic heterocycles. The smallest absolute Gasteiger partial charge is 0.248 e. The van der Waals surface area contributed by atoms with Crippen molar-refractivity contribution in [1.29, 1.82) is 5.41 Å². The molecule has 1 atom stereocenters. The summed E-state index contributed by atoms with van der Waals surface area (Å²) in [4.78, 5) is 11.8. The Labute approximate surface area is 175 Å². The molecule has 162 valence electrons. The number of aromatic amines is 1. The summed E-state index contributed by atoms with van der Waals surface area (Å²) in [6.07, 6.45) is 3.96. The van der Waals surface area contributed by atoms with Crippen molar-refractivity contribution in [3.05, 3.63) is 36.4 Å². The van der Waals surface area contributed by atoms with Crippen LogP contribution in [0.3, 0.4) is 0 Å². The largest absolute Gasteiger partial charge is 0.375 e. The van der Waals surface area contributed by atoms with Crippen molar-refractivity contribution in [3.8, 4) is 0 Å². The van der Waals surface area contributed by atoms with Crippen LogP contribution in [0.2, 0.25) is 0 Å². The highest BCUT2D eigenvalue weighted by atomic mass is 19.3. The van der Waals surface area contributed by atoms with Crippen LogP contribution in [-0.2, 0) is 6.54 Å². The molecular weight excluding hydrogens is 388 g/mol. The van der Waals surface area contributed by atoms with Crippen molar-refractivity contribution >= 4 is 23.1 Å². The first-order valence-electron chi connectivity index (χ1n) is 10.2. The van der Waals surface area contributed by atoms with Gasteiger partial charge in [0.05, 0.1) is 35.0 Å². The number of aliphatic imine (C=N–C) groups is 1. The number of aromatic nitrogens is 4. The number of hydrogen-bond acceptors (Lipinski definition) is 5. The lowest BCUT2D eigenvalue weighted by Gasteiger charge is -2.34. The Morgan fingerprint density at radius 3 is 2.77 bits per heavy atom. The van der Waals surface area contributed by atoms with Gasteiger partial charge in [0, 0.05) is 31.3 Å². The fourth-order valence-electron chi connectivity index (χ4n) is 3.73. The van der Waals surface area contributed by atoms with Crippen molar-refractivity contribution in [3.63, 3.8) is 0 Å². The Morgan fingerprint density at radius 2 is 2.13 bits per heavy atom. The molecule has 1 unspecified atom stereocenters. The van der Waals surface area contributed by atoms with E-state index in [0.29, 0.717) is 42.5 Å². The Balaban J connectivity index is 1.87. The van der Waals surface area contributed by atoms with Gasteiger partial charge < -0.3 is 15.7 Å². The van der Waals surface area contributed by atoms with Gasteiger partial charge in [0.1, 0.15) is 0 Å². The van der Waals surface area contributed by atoms with Gasteiger partial charge in [-0.15, -0.1) is 0 Å². The third kappa shape index (κ3) is 5.01. The molecule has 1 aliphatic carbocycles. The van der Waals surface area contributed by atoms with E-state index in [4.69, 9.17) is 5.41 Å². The fourth-order valence-corrected chi connectivity index (χ4v) is 3.73. The number of aryl methyl sites for hydroxylation is 1. The minimum Gasteiger partial charge on any atom is -0.375 e. The minimum absolute atomic E-state index is 0.00206. The molecule has 1 aliphatic rings. The molecule has 2 aromatic heterocycles. The average Bonchev–Trinajstić information content (AvgIpc) is 3.35. The van der Waals surface area contributed by atoms with Crippen LogP contribution in [0.1, 0.15) is 63.9 Å². The van der Waals surface area contributed by atoms with E-state index in [1.807, 2.05) is 17.7 Å².